The van der Waals surface area contributed by atoms with E-state index in [9.17, 15) is 0 Å². The number of hydrogen-bond acceptors (Lipinski definition) is 2. The van der Waals surface area contributed by atoms with E-state index >= 15 is 0 Å². The van der Waals surface area contributed by atoms with E-state index in [2.05, 4.69) is 0 Å². The molecule has 0 radical (unpaired) electrons. The molecule has 0 saturated heterocycles. The van der Waals surface area contributed by atoms with Crippen molar-refractivity contribution < 1.29 is 9.47 Å². The molecule has 0 amide bonds. The first kappa shape index (κ1) is 12.2. The van der Waals surface area contributed by atoms with Gasteiger partial charge in [0, 0.05) is 11.6 Å². The van der Waals surface area contributed by atoms with Crippen molar-refractivity contribution in [2.75, 3.05) is 14.2 Å². The molecule has 2 aliphatic rings. The molecule has 0 heterocycles. The normalized spacial score (nSPS) is 30.7. The van der Waals surface area contributed by atoms with Crippen molar-refractivity contribution in [3.8, 4) is 11.5 Å². The molecule has 3 heteroatoms. The van der Waals surface area contributed by atoms with Gasteiger partial charge in [-0.2, -0.15) is 0 Å². The van der Waals surface area contributed by atoms with Gasteiger partial charge in [0.05, 0.1) is 19.6 Å². The lowest BCUT2D eigenvalue weighted by atomic mass is 10.0. The van der Waals surface area contributed by atoms with Crippen LogP contribution in [-0.4, -0.2) is 14.2 Å². The molecular weight excluding hydrogens is 248 g/mol. The Morgan fingerprint density at radius 1 is 1.17 bits per heavy atom. The zero-order chi connectivity index (χ0) is 12.7. The molecule has 0 bridgehead atoms. The lowest BCUT2D eigenvalue weighted by Crippen LogP contribution is -2.01. The molecule has 2 aliphatic carbocycles. The molecule has 0 N–H and O–H groups in total. The molecule has 3 rings (SSSR count). The number of benzene rings is 1. The maximum absolute atomic E-state index is 6.66. The second-order valence-corrected chi connectivity index (χ2v) is 5.82. The van der Waals surface area contributed by atoms with Gasteiger partial charge in [-0.1, -0.05) is 12.5 Å². The molecule has 18 heavy (non-hydrogen) atoms. The van der Waals surface area contributed by atoms with Gasteiger partial charge in [0.25, 0.3) is 0 Å². The number of alkyl halides is 1. The van der Waals surface area contributed by atoms with Crippen LogP contribution in [0.5, 0.6) is 11.5 Å². The van der Waals surface area contributed by atoms with Crippen LogP contribution in [0.1, 0.15) is 30.2 Å². The second-order valence-electron chi connectivity index (χ2n) is 5.35. The molecule has 2 nitrogen and oxygen atoms in total. The number of fused-ring (bicyclic) bond motifs is 1. The quantitative estimate of drug-likeness (QED) is 0.766. The molecule has 2 fully saturated rings. The van der Waals surface area contributed by atoms with Crippen LogP contribution in [-0.2, 0) is 0 Å². The van der Waals surface area contributed by atoms with E-state index in [0.29, 0.717) is 5.92 Å². The Morgan fingerprint density at radius 2 is 1.89 bits per heavy atom. The van der Waals surface area contributed by atoms with Crippen LogP contribution in [0.2, 0.25) is 0 Å². The highest BCUT2D eigenvalue weighted by molar-refractivity contribution is 6.21. The van der Waals surface area contributed by atoms with Crippen molar-refractivity contribution in [2.45, 2.75) is 24.6 Å². The van der Waals surface area contributed by atoms with E-state index in [4.69, 9.17) is 21.1 Å². The topological polar surface area (TPSA) is 18.5 Å². The zero-order valence-corrected chi connectivity index (χ0v) is 11.6. The predicted octanol–water partition coefficient (Wildman–Crippen LogP) is 4.03. The molecule has 3 unspecified atom stereocenters. The Morgan fingerprint density at radius 3 is 2.50 bits per heavy atom. The van der Waals surface area contributed by atoms with E-state index in [-0.39, 0.29) is 5.38 Å². The summed E-state index contributed by atoms with van der Waals surface area (Å²) in [5.74, 6) is 4.04. The maximum atomic E-state index is 6.66. The van der Waals surface area contributed by atoms with Crippen molar-refractivity contribution in [3.05, 3.63) is 23.8 Å². The Hall–Kier alpha value is -0.890. The molecule has 1 aromatic carbocycles. The van der Waals surface area contributed by atoms with Gasteiger partial charge < -0.3 is 9.47 Å². The van der Waals surface area contributed by atoms with Crippen molar-refractivity contribution in [1.29, 1.82) is 0 Å². The van der Waals surface area contributed by atoms with Crippen LogP contribution in [0.25, 0.3) is 0 Å². The Labute approximate surface area is 113 Å². The van der Waals surface area contributed by atoms with Gasteiger partial charge in [-0.25, -0.2) is 0 Å². The predicted molar refractivity (Wildman–Crippen MR) is 72.5 cm³/mol. The van der Waals surface area contributed by atoms with Crippen molar-refractivity contribution >= 4 is 11.6 Å². The van der Waals surface area contributed by atoms with Crippen LogP contribution in [0.3, 0.4) is 0 Å². The first-order valence-electron chi connectivity index (χ1n) is 6.62. The van der Waals surface area contributed by atoms with E-state index in [1.807, 2.05) is 18.2 Å². The summed E-state index contributed by atoms with van der Waals surface area (Å²) in [5.41, 5.74) is 1.11. The highest BCUT2D eigenvalue weighted by Crippen LogP contribution is 2.64. The number of ether oxygens (including phenoxy) is 2. The first-order chi connectivity index (χ1) is 8.76. The van der Waals surface area contributed by atoms with Gasteiger partial charge in [-0.3, -0.25) is 0 Å². The van der Waals surface area contributed by atoms with Gasteiger partial charge >= 0.3 is 0 Å². The minimum atomic E-state index is 0.0844. The molecule has 0 aliphatic heterocycles. The Bertz CT molecular complexity index is 436. The maximum Gasteiger partial charge on any atom is 0.127 e. The molecule has 2 saturated carbocycles. The molecular formula is C15H19ClO2. The smallest absolute Gasteiger partial charge is 0.127 e. The molecule has 0 aromatic heterocycles. The summed E-state index contributed by atoms with van der Waals surface area (Å²) in [5, 5.41) is 0.0844. The zero-order valence-electron chi connectivity index (χ0n) is 10.9. The van der Waals surface area contributed by atoms with Gasteiger partial charge in [0.1, 0.15) is 11.5 Å². The van der Waals surface area contributed by atoms with E-state index in [1.54, 1.807) is 14.2 Å². The average Bonchev–Trinajstić information content (AvgIpc) is 2.89. The average molecular weight is 267 g/mol. The Kier molecular flexibility index (Phi) is 3.14. The fourth-order valence-corrected chi connectivity index (χ4v) is 4.12. The Balaban J connectivity index is 1.83. The molecule has 3 atom stereocenters. The van der Waals surface area contributed by atoms with Crippen LogP contribution >= 0.6 is 11.6 Å². The summed E-state index contributed by atoms with van der Waals surface area (Å²) in [4.78, 5) is 0. The van der Waals surface area contributed by atoms with Gasteiger partial charge in [-0.05, 0) is 36.7 Å². The minimum Gasteiger partial charge on any atom is -0.497 e. The fourth-order valence-electron chi connectivity index (χ4n) is 3.56. The third-order valence-electron chi connectivity index (χ3n) is 4.55. The minimum absolute atomic E-state index is 0.0844. The first-order valence-corrected chi connectivity index (χ1v) is 7.06. The number of halogens is 1. The third-order valence-corrected chi connectivity index (χ3v) is 5.07. The van der Waals surface area contributed by atoms with Crippen LogP contribution in [0.15, 0.2) is 18.2 Å². The molecule has 0 spiro atoms. The van der Waals surface area contributed by atoms with Gasteiger partial charge in [0.2, 0.25) is 0 Å². The van der Waals surface area contributed by atoms with Gasteiger partial charge in [0.15, 0.2) is 0 Å². The highest BCUT2D eigenvalue weighted by Gasteiger charge is 2.56. The number of hydrogen-bond donors (Lipinski definition) is 0. The highest BCUT2D eigenvalue weighted by atomic mass is 35.5. The third kappa shape index (κ3) is 1.87. The lowest BCUT2D eigenvalue weighted by molar-refractivity contribution is 0.388. The van der Waals surface area contributed by atoms with Crippen molar-refractivity contribution in [2.24, 2.45) is 17.8 Å². The summed E-state index contributed by atoms with van der Waals surface area (Å²) < 4.78 is 10.7. The summed E-state index contributed by atoms with van der Waals surface area (Å²) in [6.07, 6.45) is 4.10. The van der Waals surface area contributed by atoms with Crippen LogP contribution in [0.4, 0.5) is 0 Å². The largest absolute Gasteiger partial charge is 0.497 e. The van der Waals surface area contributed by atoms with Crippen LogP contribution < -0.4 is 9.47 Å². The number of rotatable bonds is 4. The number of methoxy groups -OCH3 is 2. The summed E-state index contributed by atoms with van der Waals surface area (Å²) in [7, 11) is 3.35. The molecule has 98 valence electrons. The van der Waals surface area contributed by atoms with Gasteiger partial charge in [-0.15, -0.1) is 11.6 Å². The van der Waals surface area contributed by atoms with Crippen molar-refractivity contribution in [1.82, 2.24) is 0 Å². The molecule has 1 aromatic rings. The van der Waals surface area contributed by atoms with E-state index in [0.717, 1.165) is 28.9 Å². The fraction of sp³-hybridized carbons (Fsp3) is 0.600. The summed E-state index contributed by atoms with van der Waals surface area (Å²) in [6, 6.07) is 5.93. The van der Waals surface area contributed by atoms with E-state index < -0.39 is 0 Å². The second kappa shape index (κ2) is 4.65. The lowest BCUT2D eigenvalue weighted by Gasteiger charge is -2.16. The standard InChI is InChI=1S/C15H19ClO2/c1-17-9-6-7-12(13(8-9)18-2)15(16)14-10-4-3-5-11(10)14/h6-8,10-11,14-15H,3-5H2,1-2H3. The van der Waals surface area contributed by atoms with Crippen molar-refractivity contribution in [3.63, 3.8) is 0 Å². The summed E-state index contributed by atoms with van der Waals surface area (Å²) >= 11 is 6.66. The SMILES string of the molecule is COc1ccc(C(Cl)C2C3CCCC32)c(OC)c1. The monoisotopic (exact) mass is 266 g/mol. The summed E-state index contributed by atoms with van der Waals surface area (Å²) in [6.45, 7) is 0. The van der Waals surface area contributed by atoms with E-state index in [1.165, 1.54) is 19.3 Å². The van der Waals surface area contributed by atoms with Crippen LogP contribution in [0, 0.1) is 17.8 Å².